The van der Waals surface area contributed by atoms with Gasteiger partial charge in [0.15, 0.2) is 5.75 Å². The zero-order valence-electron chi connectivity index (χ0n) is 16.0. The van der Waals surface area contributed by atoms with E-state index in [4.69, 9.17) is 4.74 Å². The summed E-state index contributed by atoms with van der Waals surface area (Å²) in [5, 5.41) is 3.04. The number of hydrogen-bond acceptors (Lipinski definition) is 3. The SMILES string of the molecule is O=C(Nc1ccccc1Oc1ccccc1)N1c2ccccc2Sc2ccccc21. The van der Waals surface area contributed by atoms with Crippen LogP contribution in [0.15, 0.2) is 113 Å². The minimum absolute atomic E-state index is 0.237. The summed E-state index contributed by atoms with van der Waals surface area (Å²) in [6.45, 7) is 0. The van der Waals surface area contributed by atoms with Crippen LogP contribution in [0.4, 0.5) is 21.9 Å². The van der Waals surface area contributed by atoms with E-state index in [2.05, 4.69) is 5.32 Å². The van der Waals surface area contributed by atoms with Crippen molar-refractivity contribution >= 4 is 34.9 Å². The number of carbonyl (C=O) groups is 1. The first-order chi connectivity index (χ1) is 14.8. The molecule has 1 N–H and O–H groups in total. The number of hydrogen-bond donors (Lipinski definition) is 1. The van der Waals surface area contributed by atoms with Gasteiger partial charge in [-0.15, -0.1) is 0 Å². The maximum absolute atomic E-state index is 13.4. The molecule has 2 amide bonds. The fourth-order valence-electron chi connectivity index (χ4n) is 3.37. The highest BCUT2D eigenvalue weighted by molar-refractivity contribution is 7.99. The molecule has 1 heterocycles. The molecule has 4 nitrogen and oxygen atoms in total. The topological polar surface area (TPSA) is 41.6 Å². The number of nitrogens with zero attached hydrogens (tertiary/aromatic N) is 1. The highest BCUT2D eigenvalue weighted by atomic mass is 32.2. The summed E-state index contributed by atoms with van der Waals surface area (Å²) in [5.41, 5.74) is 2.33. The Bertz CT molecular complexity index is 1160. The van der Waals surface area contributed by atoms with E-state index in [0.29, 0.717) is 17.2 Å². The summed E-state index contributed by atoms with van der Waals surface area (Å²) >= 11 is 1.67. The molecule has 0 spiro atoms. The van der Waals surface area contributed by atoms with Crippen molar-refractivity contribution in [1.29, 1.82) is 0 Å². The second-order valence-electron chi connectivity index (χ2n) is 6.71. The normalized spacial score (nSPS) is 11.9. The smallest absolute Gasteiger partial charge is 0.331 e. The number of carbonyl (C=O) groups excluding carboxylic acids is 1. The third kappa shape index (κ3) is 3.51. The van der Waals surface area contributed by atoms with Crippen molar-refractivity contribution in [2.75, 3.05) is 10.2 Å². The van der Waals surface area contributed by atoms with Gasteiger partial charge in [-0.05, 0) is 48.5 Å². The Morgan fingerprint density at radius 3 is 1.97 bits per heavy atom. The number of anilines is 3. The van der Waals surface area contributed by atoms with Gasteiger partial charge in [0.05, 0.1) is 17.1 Å². The van der Waals surface area contributed by atoms with Crippen LogP contribution in [0.5, 0.6) is 11.5 Å². The van der Waals surface area contributed by atoms with E-state index in [9.17, 15) is 4.79 Å². The van der Waals surface area contributed by atoms with E-state index in [-0.39, 0.29) is 6.03 Å². The summed E-state index contributed by atoms with van der Waals surface area (Å²) in [6, 6.07) is 32.6. The molecule has 0 aromatic heterocycles. The Morgan fingerprint density at radius 1 is 0.700 bits per heavy atom. The molecular weight excluding hydrogens is 392 g/mol. The molecular formula is C25H18N2O2S. The van der Waals surface area contributed by atoms with E-state index >= 15 is 0 Å². The Kier molecular flexibility index (Phi) is 4.87. The molecule has 5 rings (SSSR count). The van der Waals surface area contributed by atoms with Gasteiger partial charge in [-0.25, -0.2) is 4.79 Å². The Hall–Kier alpha value is -3.70. The Balaban J connectivity index is 1.49. The van der Waals surface area contributed by atoms with Gasteiger partial charge in [0, 0.05) is 9.79 Å². The fourth-order valence-corrected chi connectivity index (χ4v) is 4.43. The van der Waals surface area contributed by atoms with Gasteiger partial charge in [0.25, 0.3) is 0 Å². The lowest BCUT2D eigenvalue weighted by molar-refractivity contribution is 0.258. The summed E-state index contributed by atoms with van der Waals surface area (Å²) in [7, 11) is 0. The second-order valence-corrected chi connectivity index (χ2v) is 7.80. The maximum Gasteiger partial charge on any atom is 0.331 e. The Labute approximate surface area is 179 Å². The first-order valence-corrected chi connectivity index (χ1v) is 10.4. The van der Waals surface area contributed by atoms with Gasteiger partial charge >= 0.3 is 6.03 Å². The van der Waals surface area contributed by atoms with Crippen molar-refractivity contribution in [2.45, 2.75) is 9.79 Å². The third-order valence-corrected chi connectivity index (χ3v) is 5.87. The molecule has 0 bridgehead atoms. The monoisotopic (exact) mass is 410 g/mol. The lowest BCUT2D eigenvalue weighted by Gasteiger charge is -2.31. The standard InChI is InChI=1S/C25H18N2O2S/c28-25(26-19-12-4-7-15-22(19)29-18-10-2-1-3-11-18)27-20-13-5-8-16-23(20)30-24-17-9-6-14-21(24)27/h1-17H,(H,26,28). The molecule has 30 heavy (non-hydrogen) atoms. The average molecular weight is 410 g/mol. The molecule has 5 heteroatoms. The summed E-state index contributed by atoms with van der Waals surface area (Å²) < 4.78 is 6.00. The first-order valence-electron chi connectivity index (χ1n) is 9.58. The highest BCUT2D eigenvalue weighted by Gasteiger charge is 2.28. The number of rotatable bonds is 3. The van der Waals surface area contributed by atoms with Crippen molar-refractivity contribution in [1.82, 2.24) is 0 Å². The van der Waals surface area contributed by atoms with Crippen LogP contribution in [-0.4, -0.2) is 6.03 Å². The number of ether oxygens (including phenoxy) is 1. The number of benzene rings is 4. The molecule has 0 aliphatic carbocycles. The third-order valence-electron chi connectivity index (χ3n) is 4.73. The minimum atomic E-state index is -0.237. The van der Waals surface area contributed by atoms with Crippen LogP contribution in [0.1, 0.15) is 0 Å². The predicted octanol–water partition coefficient (Wildman–Crippen LogP) is 7.31. The van der Waals surface area contributed by atoms with Crippen LogP contribution in [0.25, 0.3) is 0 Å². The predicted molar refractivity (Wildman–Crippen MR) is 121 cm³/mol. The van der Waals surface area contributed by atoms with Crippen molar-refractivity contribution in [3.8, 4) is 11.5 Å². The van der Waals surface area contributed by atoms with Gasteiger partial charge < -0.3 is 10.1 Å². The molecule has 1 aliphatic heterocycles. The summed E-state index contributed by atoms with van der Waals surface area (Å²) in [6.07, 6.45) is 0. The van der Waals surface area contributed by atoms with E-state index in [1.807, 2.05) is 103 Å². The summed E-state index contributed by atoms with van der Waals surface area (Å²) in [4.78, 5) is 17.3. The number of fused-ring (bicyclic) bond motifs is 2. The van der Waals surface area contributed by atoms with Crippen LogP contribution in [-0.2, 0) is 0 Å². The molecule has 0 saturated heterocycles. The zero-order chi connectivity index (χ0) is 20.3. The quantitative estimate of drug-likeness (QED) is 0.385. The van der Waals surface area contributed by atoms with Crippen LogP contribution in [0.3, 0.4) is 0 Å². The number of urea groups is 1. The second kappa shape index (κ2) is 7.97. The molecule has 4 aromatic rings. The van der Waals surface area contributed by atoms with Crippen LogP contribution in [0.2, 0.25) is 0 Å². The fraction of sp³-hybridized carbons (Fsp3) is 0. The molecule has 0 saturated carbocycles. The number of amides is 2. The van der Waals surface area contributed by atoms with E-state index in [1.54, 1.807) is 16.7 Å². The average Bonchev–Trinajstić information content (AvgIpc) is 2.79. The molecule has 4 aromatic carbocycles. The maximum atomic E-state index is 13.4. The van der Waals surface area contributed by atoms with Gasteiger partial charge in [0.1, 0.15) is 5.75 Å². The Morgan fingerprint density at radius 2 is 1.27 bits per heavy atom. The van der Waals surface area contributed by atoms with Crippen molar-refractivity contribution in [3.63, 3.8) is 0 Å². The first kappa shape index (κ1) is 18.3. The van der Waals surface area contributed by atoms with E-state index in [0.717, 1.165) is 21.2 Å². The van der Waals surface area contributed by atoms with Gasteiger partial charge in [-0.3, -0.25) is 4.90 Å². The minimum Gasteiger partial charge on any atom is -0.455 e. The molecule has 0 radical (unpaired) electrons. The molecule has 0 unspecified atom stereocenters. The number of para-hydroxylation sites is 5. The molecule has 1 aliphatic rings. The molecule has 0 atom stereocenters. The van der Waals surface area contributed by atoms with Gasteiger partial charge in [-0.1, -0.05) is 66.4 Å². The van der Waals surface area contributed by atoms with Crippen LogP contribution in [0, 0.1) is 0 Å². The highest BCUT2D eigenvalue weighted by Crippen LogP contribution is 2.48. The van der Waals surface area contributed by atoms with E-state index in [1.165, 1.54) is 0 Å². The largest absolute Gasteiger partial charge is 0.455 e. The van der Waals surface area contributed by atoms with Crippen molar-refractivity contribution < 1.29 is 9.53 Å². The molecule has 0 fully saturated rings. The van der Waals surface area contributed by atoms with Gasteiger partial charge in [0.2, 0.25) is 0 Å². The number of nitrogens with one attached hydrogen (secondary N) is 1. The van der Waals surface area contributed by atoms with E-state index < -0.39 is 0 Å². The van der Waals surface area contributed by atoms with Crippen molar-refractivity contribution in [3.05, 3.63) is 103 Å². The van der Waals surface area contributed by atoms with Crippen molar-refractivity contribution in [2.24, 2.45) is 0 Å². The molecule has 146 valence electrons. The van der Waals surface area contributed by atoms with Crippen LogP contribution < -0.4 is 15.0 Å². The lowest BCUT2D eigenvalue weighted by atomic mass is 10.2. The van der Waals surface area contributed by atoms with Gasteiger partial charge in [-0.2, -0.15) is 0 Å². The summed E-state index contributed by atoms with van der Waals surface area (Å²) in [5.74, 6) is 1.30. The lowest BCUT2D eigenvalue weighted by Crippen LogP contribution is -2.32. The van der Waals surface area contributed by atoms with Crippen LogP contribution >= 0.6 is 11.8 Å². The zero-order valence-corrected chi connectivity index (χ0v) is 16.8.